The zero-order valence-corrected chi connectivity index (χ0v) is 17.6. The summed E-state index contributed by atoms with van der Waals surface area (Å²) in [6.45, 7) is 0. The first-order valence-corrected chi connectivity index (χ1v) is 11.1. The van der Waals surface area contributed by atoms with Crippen LogP contribution in [0.5, 0.6) is 0 Å². The lowest BCUT2D eigenvalue weighted by atomic mass is 9.91. The third-order valence-electron chi connectivity index (χ3n) is 6.10. The summed E-state index contributed by atoms with van der Waals surface area (Å²) in [7, 11) is 2.10. The summed E-state index contributed by atoms with van der Waals surface area (Å²) in [5, 5.41) is 11.5. The lowest BCUT2D eigenvalue weighted by Crippen LogP contribution is -2.46. The van der Waals surface area contributed by atoms with Crippen LogP contribution in [0.15, 0.2) is 60.7 Å². The summed E-state index contributed by atoms with van der Waals surface area (Å²) in [5.74, 6) is 1.25. The number of nitrogens with zero attached hydrogens (tertiary/aromatic N) is 1. The molecule has 2 unspecified atom stereocenters. The molecule has 2 aromatic carbocycles. The van der Waals surface area contributed by atoms with Gasteiger partial charge in [-0.15, -0.1) is 0 Å². The van der Waals surface area contributed by atoms with Gasteiger partial charge in [0.2, 0.25) is 5.60 Å². The monoisotopic (exact) mass is 441 g/mol. The van der Waals surface area contributed by atoms with Gasteiger partial charge in [-0.05, 0) is 24.0 Å². The van der Waals surface area contributed by atoms with E-state index in [0.717, 1.165) is 24.0 Å². The SMILES string of the molecule is CBr.CN1C2C=CC1CC(OC(=O)C1(O)c3ccccc3-c3ccccc31)C2. The molecule has 1 aliphatic carbocycles. The molecule has 2 aromatic rings. The van der Waals surface area contributed by atoms with Crippen molar-refractivity contribution in [3.8, 4) is 11.1 Å². The Morgan fingerprint density at radius 1 is 1.00 bits per heavy atom. The van der Waals surface area contributed by atoms with Gasteiger partial charge in [-0.1, -0.05) is 76.6 Å². The van der Waals surface area contributed by atoms with Gasteiger partial charge in [0, 0.05) is 36.1 Å². The molecular formula is C23H24BrNO3. The average Bonchev–Trinajstić information content (AvgIpc) is 3.10. The van der Waals surface area contributed by atoms with Crippen LogP contribution in [0.3, 0.4) is 0 Å². The first-order chi connectivity index (χ1) is 13.6. The number of carbonyl (C=O) groups excluding carboxylic acids is 1. The van der Waals surface area contributed by atoms with Crippen molar-refractivity contribution in [3.05, 3.63) is 71.8 Å². The van der Waals surface area contributed by atoms with Crippen molar-refractivity contribution in [1.29, 1.82) is 0 Å². The number of carbonyl (C=O) groups is 1. The highest BCUT2D eigenvalue weighted by molar-refractivity contribution is 9.08. The lowest BCUT2D eigenvalue weighted by molar-refractivity contribution is -0.170. The molecule has 4 nitrogen and oxygen atoms in total. The van der Waals surface area contributed by atoms with E-state index in [4.69, 9.17) is 4.74 Å². The number of benzene rings is 2. The van der Waals surface area contributed by atoms with Gasteiger partial charge in [0.1, 0.15) is 6.10 Å². The Bertz CT molecular complexity index is 864. The van der Waals surface area contributed by atoms with Gasteiger partial charge in [0.15, 0.2) is 0 Å². The first-order valence-electron chi connectivity index (χ1n) is 9.50. The molecule has 5 rings (SSSR count). The predicted molar refractivity (Wildman–Crippen MR) is 113 cm³/mol. The van der Waals surface area contributed by atoms with Crippen molar-refractivity contribution in [2.45, 2.75) is 36.6 Å². The first kappa shape index (κ1) is 19.4. The van der Waals surface area contributed by atoms with E-state index >= 15 is 0 Å². The zero-order chi connectivity index (χ0) is 19.9. The van der Waals surface area contributed by atoms with Crippen molar-refractivity contribution >= 4 is 21.9 Å². The highest BCUT2D eigenvalue weighted by atomic mass is 79.9. The van der Waals surface area contributed by atoms with E-state index in [9.17, 15) is 9.90 Å². The molecule has 5 heteroatoms. The predicted octanol–water partition coefficient (Wildman–Crippen LogP) is 3.86. The Morgan fingerprint density at radius 2 is 1.46 bits per heavy atom. The molecule has 0 radical (unpaired) electrons. The van der Waals surface area contributed by atoms with E-state index in [1.807, 2.05) is 54.4 Å². The van der Waals surface area contributed by atoms with E-state index in [1.54, 1.807) is 0 Å². The molecule has 0 spiro atoms. The van der Waals surface area contributed by atoms with Crippen molar-refractivity contribution in [2.75, 3.05) is 12.9 Å². The average molecular weight is 442 g/mol. The second-order valence-corrected chi connectivity index (χ2v) is 7.49. The van der Waals surface area contributed by atoms with E-state index in [2.05, 4.69) is 40.0 Å². The fourth-order valence-corrected chi connectivity index (χ4v) is 4.66. The molecular weight excluding hydrogens is 418 g/mol. The number of rotatable bonds is 2. The van der Waals surface area contributed by atoms with E-state index in [0.29, 0.717) is 23.2 Å². The van der Waals surface area contributed by atoms with Gasteiger partial charge in [0.05, 0.1) is 0 Å². The minimum Gasteiger partial charge on any atom is -0.460 e. The third kappa shape index (κ3) is 2.84. The van der Waals surface area contributed by atoms with E-state index in [-0.39, 0.29) is 6.10 Å². The number of halogens is 1. The van der Waals surface area contributed by atoms with Gasteiger partial charge < -0.3 is 9.84 Å². The normalized spacial score (nSPS) is 26.1. The summed E-state index contributed by atoms with van der Waals surface area (Å²) in [5.41, 5.74) is 1.28. The smallest absolute Gasteiger partial charge is 0.348 e. The minimum atomic E-state index is -1.73. The summed E-state index contributed by atoms with van der Waals surface area (Å²) < 4.78 is 5.87. The van der Waals surface area contributed by atoms with Crippen LogP contribution in [0.25, 0.3) is 11.1 Å². The second kappa shape index (κ2) is 7.47. The highest BCUT2D eigenvalue weighted by Gasteiger charge is 2.50. The molecule has 0 amide bonds. The van der Waals surface area contributed by atoms with Crippen molar-refractivity contribution in [2.24, 2.45) is 0 Å². The standard InChI is InChI=1S/C22H21NO3.CH3Br/c1-23-14-10-11-15(23)13-16(12-14)26-21(24)22(25)19-8-4-2-6-17(19)18-7-3-5-9-20(18)22;1-2/h2-11,14-16,25H,12-13H2,1H3;1H3. The van der Waals surface area contributed by atoms with Crippen LogP contribution < -0.4 is 0 Å². The van der Waals surface area contributed by atoms with Crippen LogP contribution >= 0.6 is 15.9 Å². The second-order valence-electron chi connectivity index (χ2n) is 7.49. The van der Waals surface area contributed by atoms with Gasteiger partial charge in [0.25, 0.3) is 0 Å². The van der Waals surface area contributed by atoms with Gasteiger partial charge in [-0.25, -0.2) is 4.79 Å². The molecule has 28 heavy (non-hydrogen) atoms. The van der Waals surface area contributed by atoms with Gasteiger partial charge in [-0.3, -0.25) is 4.90 Å². The van der Waals surface area contributed by atoms with Crippen LogP contribution in [-0.2, 0) is 15.1 Å². The summed E-state index contributed by atoms with van der Waals surface area (Å²) >= 11 is 2.94. The molecule has 2 aliphatic heterocycles. The van der Waals surface area contributed by atoms with Crippen molar-refractivity contribution in [1.82, 2.24) is 4.90 Å². The number of fused-ring (bicyclic) bond motifs is 5. The number of ether oxygens (including phenoxy) is 1. The molecule has 146 valence electrons. The molecule has 1 saturated heterocycles. The Hall–Kier alpha value is -1.95. The van der Waals surface area contributed by atoms with Crippen LogP contribution in [0.4, 0.5) is 0 Å². The highest BCUT2D eigenvalue weighted by Crippen LogP contribution is 2.48. The van der Waals surface area contributed by atoms with Crippen LogP contribution in [0, 0.1) is 0 Å². The number of esters is 1. The zero-order valence-electron chi connectivity index (χ0n) is 16.0. The molecule has 1 N–H and O–H groups in total. The molecule has 2 heterocycles. The van der Waals surface area contributed by atoms with Gasteiger partial charge >= 0.3 is 5.97 Å². The topological polar surface area (TPSA) is 49.8 Å². The Kier molecular flexibility index (Phi) is 5.17. The molecule has 0 aromatic heterocycles. The summed E-state index contributed by atoms with van der Waals surface area (Å²) in [6, 6.07) is 15.7. The van der Waals surface area contributed by atoms with Crippen LogP contribution in [0.2, 0.25) is 0 Å². The maximum absolute atomic E-state index is 13.2. The van der Waals surface area contributed by atoms with Crippen LogP contribution in [0.1, 0.15) is 24.0 Å². The van der Waals surface area contributed by atoms with E-state index < -0.39 is 11.6 Å². The van der Waals surface area contributed by atoms with Crippen molar-refractivity contribution in [3.63, 3.8) is 0 Å². The van der Waals surface area contributed by atoms with Crippen molar-refractivity contribution < 1.29 is 14.6 Å². The molecule has 1 fully saturated rings. The van der Waals surface area contributed by atoms with E-state index in [1.165, 1.54) is 0 Å². The fourth-order valence-electron chi connectivity index (χ4n) is 4.66. The number of hydrogen-bond acceptors (Lipinski definition) is 4. The quantitative estimate of drug-likeness (QED) is 0.436. The van der Waals surface area contributed by atoms with Crippen LogP contribution in [-0.4, -0.2) is 47.0 Å². The number of aliphatic hydroxyl groups is 1. The third-order valence-corrected chi connectivity index (χ3v) is 6.10. The maximum Gasteiger partial charge on any atom is 0.348 e. The Labute approximate surface area is 173 Å². The fraction of sp³-hybridized carbons (Fsp3) is 0.348. The molecule has 2 bridgehead atoms. The molecule has 0 saturated carbocycles. The number of hydrogen-bond donors (Lipinski definition) is 1. The molecule has 3 aliphatic rings. The minimum absolute atomic E-state index is 0.173. The van der Waals surface area contributed by atoms with Gasteiger partial charge in [-0.2, -0.15) is 0 Å². The lowest BCUT2D eigenvalue weighted by Gasteiger charge is -2.37. The largest absolute Gasteiger partial charge is 0.460 e. The number of piperidine rings is 1. The maximum atomic E-state index is 13.2. The summed E-state index contributed by atoms with van der Waals surface area (Å²) in [6.07, 6.45) is 5.75. The summed E-state index contributed by atoms with van der Waals surface area (Å²) in [4.78, 5) is 15.5. The Morgan fingerprint density at radius 3 is 1.96 bits per heavy atom. The number of likely N-dealkylation sites (N-methyl/N-ethyl adjacent to an activating group) is 1. The Balaban J connectivity index is 0.000000932. The molecule has 2 atom stereocenters. The number of alkyl halides is 1.